The van der Waals surface area contributed by atoms with Crippen LogP contribution in [-0.2, 0) is 17.5 Å². The fourth-order valence-electron chi connectivity index (χ4n) is 3.34. The van der Waals surface area contributed by atoms with Crippen LogP contribution in [0.15, 0.2) is 24.3 Å². The molecule has 2 heterocycles. The molecule has 10 heteroatoms. The first-order chi connectivity index (χ1) is 13.8. The first kappa shape index (κ1) is 20.8. The van der Waals surface area contributed by atoms with E-state index in [0.29, 0.717) is 43.7 Å². The van der Waals surface area contributed by atoms with Crippen molar-refractivity contribution in [3.63, 3.8) is 0 Å². The predicted molar refractivity (Wildman–Crippen MR) is 102 cm³/mol. The summed E-state index contributed by atoms with van der Waals surface area (Å²) in [6.07, 6.45) is -3.29. The first-order valence-electron chi connectivity index (χ1n) is 9.36. The number of piperidine rings is 1. The predicted octanol–water partition coefficient (Wildman–Crippen LogP) is 2.77. The molecule has 7 nitrogen and oxygen atoms in total. The van der Waals surface area contributed by atoms with Gasteiger partial charge in [-0.05, 0) is 31.4 Å². The second-order valence-electron chi connectivity index (χ2n) is 6.89. The Bertz CT molecular complexity index is 865. The molecule has 3 rings (SSSR count). The van der Waals surface area contributed by atoms with Crippen molar-refractivity contribution in [2.75, 3.05) is 30.4 Å². The van der Waals surface area contributed by atoms with Crippen molar-refractivity contribution in [2.24, 2.45) is 5.92 Å². The van der Waals surface area contributed by atoms with Gasteiger partial charge in [0.05, 0.1) is 5.56 Å². The SMILES string of the molecule is CNc1nc(C)nc(N2CCC(C(=O)NCc3ccccc3C(F)(F)F)CC2)n1. The van der Waals surface area contributed by atoms with Gasteiger partial charge in [-0.25, -0.2) is 0 Å². The van der Waals surface area contributed by atoms with Crippen LogP contribution in [-0.4, -0.2) is 41.0 Å². The molecule has 2 N–H and O–H groups in total. The van der Waals surface area contributed by atoms with Crippen LogP contribution in [0.25, 0.3) is 0 Å². The second-order valence-corrected chi connectivity index (χ2v) is 6.89. The molecule has 1 aliphatic rings. The summed E-state index contributed by atoms with van der Waals surface area (Å²) in [6.45, 7) is 2.81. The van der Waals surface area contributed by atoms with Crippen LogP contribution in [0.5, 0.6) is 0 Å². The van der Waals surface area contributed by atoms with Gasteiger partial charge >= 0.3 is 6.18 Å². The number of aryl methyl sites for hydroxylation is 1. The van der Waals surface area contributed by atoms with Crippen LogP contribution in [0.1, 0.15) is 29.8 Å². The Labute approximate surface area is 166 Å². The van der Waals surface area contributed by atoms with E-state index in [4.69, 9.17) is 0 Å². The number of rotatable bonds is 5. The van der Waals surface area contributed by atoms with Gasteiger partial charge in [0, 0.05) is 32.6 Å². The summed E-state index contributed by atoms with van der Waals surface area (Å²) in [5.74, 6) is 1.15. The summed E-state index contributed by atoms with van der Waals surface area (Å²) in [4.78, 5) is 27.3. The largest absolute Gasteiger partial charge is 0.416 e. The Balaban J connectivity index is 1.57. The summed E-state index contributed by atoms with van der Waals surface area (Å²) in [5, 5.41) is 5.54. The molecule has 0 spiro atoms. The molecule has 0 aliphatic carbocycles. The van der Waals surface area contributed by atoms with Gasteiger partial charge < -0.3 is 15.5 Å². The number of hydrogen-bond donors (Lipinski definition) is 2. The minimum Gasteiger partial charge on any atom is -0.357 e. The monoisotopic (exact) mass is 408 g/mol. The van der Waals surface area contributed by atoms with Crippen LogP contribution in [0, 0.1) is 12.8 Å². The Morgan fingerprint density at radius 1 is 1.17 bits per heavy atom. The topological polar surface area (TPSA) is 83.0 Å². The highest BCUT2D eigenvalue weighted by atomic mass is 19.4. The van der Waals surface area contributed by atoms with Gasteiger partial charge in [0.2, 0.25) is 17.8 Å². The summed E-state index contributed by atoms with van der Waals surface area (Å²) in [7, 11) is 1.73. The average Bonchev–Trinajstić information content (AvgIpc) is 2.71. The molecule has 0 atom stereocenters. The van der Waals surface area contributed by atoms with Crippen molar-refractivity contribution in [3.8, 4) is 0 Å². The molecule has 0 bridgehead atoms. The molecular formula is C19H23F3N6O. The van der Waals surface area contributed by atoms with Crippen LogP contribution >= 0.6 is 0 Å². The minimum atomic E-state index is -4.44. The van der Waals surface area contributed by atoms with Crippen molar-refractivity contribution >= 4 is 17.8 Å². The number of carbonyl (C=O) groups is 1. The molecule has 2 aromatic rings. The van der Waals surface area contributed by atoms with Gasteiger partial charge in [0.1, 0.15) is 5.82 Å². The van der Waals surface area contributed by atoms with Gasteiger partial charge in [-0.15, -0.1) is 0 Å². The van der Waals surface area contributed by atoms with Crippen molar-refractivity contribution in [1.29, 1.82) is 0 Å². The highest BCUT2D eigenvalue weighted by Crippen LogP contribution is 2.32. The molecule has 1 saturated heterocycles. The van der Waals surface area contributed by atoms with Crippen LogP contribution in [0.3, 0.4) is 0 Å². The zero-order valence-electron chi connectivity index (χ0n) is 16.3. The summed E-state index contributed by atoms with van der Waals surface area (Å²) in [6, 6.07) is 5.28. The molecule has 1 aromatic carbocycles. The van der Waals surface area contributed by atoms with E-state index in [2.05, 4.69) is 25.6 Å². The number of hydrogen-bond acceptors (Lipinski definition) is 6. The summed E-state index contributed by atoms with van der Waals surface area (Å²) >= 11 is 0. The van der Waals surface area contributed by atoms with E-state index < -0.39 is 11.7 Å². The third kappa shape index (κ3) is 5.12. The van der Waals surface area contributed by atoms with Crippen molar-refractivity contribution in [3.05, 3.63) is 41.2 Å². The number of nitrogens with zero attached hydrogens (tertiary/aromatic N) is 4. The molecule has 1 aliphatic heterocycles. The van der Waals surface area contributed by atoms with Gasteiger partial charge in [-0.2, -0.15) is 28.1 Å². The van der Waals surface area contributed by atoms with Crippen LogP contribution in [0.4, 0.5) is 25.1 Å². The highest BCUT2D eigenvalue weighted by Gasteiger charge is 2.33. The molecule has 156 valence electrons. The lowest BCUT2D eigenvalue weighted by molar-refractivity contribution is -0.138. The maximum atomic E-state index is 13.1. The smallest absolute Gasteiger partial charge is 0.357 e. The van der Waals surface area contributed by atoms with Crippen molar-refractivity contribution < 1.29 is 18.0 Å². The maximum absolute atomic E-state index is 13.1. The number of carbonyl (C=O) groups excluding carboxylic acids is 1. The zero-order valence-corrected chi connectivity index (χ0v) is 16.3. The molecule has 29 heavy (non-hydrogen) atoms. The molecule has 1 amide bonds. The lowest BCUT2D eigenvalue weighted by Gasteiger charge is -2.31. The summed E-state index contributed by atoms with van der Waals surface area (Å²) in [5.41, 5.74) is -0.660. The number of nitrogens with one attached hydrogen (secondary N) is 2. The number of anilines is 2. The third-order valence-corrected chi connectivity index (χ3v) is 4.88. The highest BCUT2D eigenvalue weighted by molar-refractivity contribution is 5.79. The van der Waals surface area contributed by atoms with E-state index in [9.17, 15) is 18.0 Å². The van der Waals surface area contributed by atoms with Crippen molar-refractivity contribution in [2.45, 2.75) is 32.5 Å². The van der Waals surface area contributed by atoms with E-state index in [1.807, 2.05) is 4.90 Å². The lowest BCUT2D eigenvalue weighted by Crippen LogP contribution is -2.41. The van der Waals surface area contributed by atoms with Gasteiger partial charge in [-0.3, -0.25) is 4.79 Å². The number of halogens is 3. The minimum absolute atomic E-state index is 0.0611. The zero-order chi connectivity index (χ0) is 21.0. The quantitative estimate of drug-likeness (QED) is 0.792. The maximum Gasteiger partial charge on any atom is 0.416 e. The Hall–Kier alpha value is -2.91. The average molecular weight is 408 g/mol. The second kappa shape index (κ2) is 8.62. The molecule has 0 unspecified atom stereocenters. The normalized spacial score (nSPS) is 15.3. The fourth-order valence-corrected chi connectivity index (χ4v) is 3.34. The van der Waals surface area contributed by atoms with Crippen LogP contribution in [0.2, 0.25) is 0 Å². The fraction of sp³-hybridized carbons (Fsp3) is 0.474. The van der Waals surface area contributed by atoms with E-state index in [1.165, 1.54) is 18.2 Å². The molecular weight excluding hydrogens is 385 g/mol. The number of aromatic nitrogens is 3. The number of benzene rings is 1. The molecule has 1 fully saturated rings. The van der Waals surface area contributed by atoms with E-state index in [0.717, 1.165) is 6.07 Å². The van der Waals surface area contributed by atoms with E-state index >= 15 is 0 Å². The van der Waals surface area contributed by atoms with Gasteiger partial charge in [0.15, 0.2) is 0 Å². The van der Waals surface area contributed by atoms with Crippen molar-refractivity contribution in [1.82, 2.24) is 20.3 Å². The van der Waals surface area contributed by atoms with Gasteiger partial charge in [-0.1, -0.05) is 18.2 Å². The van der Waals surface area contributed by atoms with Crippen LogP contribution < -0.4 is 15.5 Å². The number of alkyl halides is 3. The first-order valence-corrected chi connectivity index (χ1v) is 9.36. The number of amides is 1. The Morgan fingerprint density at radius 2 is 1.86 bits per heavy atom. The summed E-state index contributed by atoms with van der Waals surface area (Å²) < 4.78 is 39.2. The Kier molecular flexibility index (Phi) is 6.19. The van der Waals surface area contributed by atoms with E-state index in [-0.39, 0.29) is 23.9 Å². The third-order valence-electron chi connectivity index (χ3n) is 4.88. The molecule has 1 aromatic heterocycles. The lowest BCUT2D eigenvalue weighted by atomic mass is 9.96. The Morgan fingerprint density at radius 3 is 2.52 bits per heavy atom. The standard InChI is InChI=1S/C19H23F3N6O/c1-12-25-17(23-2)27-18(26-12)28-9-7-13(8-10-28)16(29)24-11-14-5-3-4-6-15(14)19(20,21)22/h3-6,13H,7-11H2,1-2H3,(H,24,29)(H,23,25,26,27). The van der Waals surface area contributed by atoms with E-state index in [1.54, 1.807) is 14.0 Å². The van der Waals surface area contributed by atoms with Gasteiger partial charge in [0.25, 0.3) is 0 Å². The molecule has 0 radical (unpaired) electrons. The molecule has 0 saturated carbocycles.